The molecule has 1 N–H and O–H groups in total. The molecule has 1 saturated heterocycles. The highest BCUT2D eigenvalue weighted by Crippen LogP contribution is 2.03. The molecular weight excluding hydrogens is 220 g/mol. The fourth-order valence-corrected chi connectivity index (χ4v) is 1.89. The molecule has 1 aliphatic rings. The standard InChI is InChI=1S/C12H18N2O3/c1-10-8-14(4-6-16-10)9-12(15)13-7-11-3-2-5-17-11/h2-3,5,10H,4,6-9H2,1H3,(H,13,15)/t10-/m1/s1. The number of nitrogens with zero attached hydrogens (tertiary/aromatic N) is 1. The van der Waals surface area contributed by atoms with Gasteiger partial charge in [0, 0.05) is 13.1 Å². The third-order valence-electron chi connectivity index (χ3n) is 2.73. The van der Waals surface area contributed by atoms with E-state index in [9.17, 15) is 4.79 Å². The van der Waals surface area contributed by atoms with E-state index in [-0.39, 0.29) is 12.0 Å². The number of amides is 1. The van der Waals surface area contributed by atoms with Crippen LogP contribution in [0.15, 0.2) is 22.8 Å². The van der Waals surface area contributed by atoms with Crippen LogP contribution in [-0.2, 0) is 16.1 Å². The molecular formula is C12H18N2O3. The Kier molecular flexibility index (Phi) is 4.17. The third kappa shape index (κ3) is 3.87. The number of nitrogens with one attached hydrogen (secondary N) is 1. The predicted octanol–water partition coefficient (Wildman–Crippen LogP) is 0.616. The van der Waals surface area contributed by atoms with Gasteiger partial charge < -0.3 is 14.5 Å². The summed E-state index contributed by atoms with van der Waals surface area (Å²) in [5.41, 5.74) is 0. The number of carbonyl (C=O) groups is 1. The van der Waals surface area contributed by atoms with Crippen LogP contribution in [0.4, 0.5) is 0 Å². The van der Waals surface area contributed by atoms with E-state index in [4.69, 9.17) is 9.15 Å². The summed E-state index contributed by atoms with van der Waals surface area (Å²) < 4.78 is 10.6. The van der Waals surface area contributed by atoms with Crippen molar-refractivity contribution in [2.24, 2.45) is 0 Å². The Morgan fingerprint density at radius 3 is 3.24 bits per heavy atom. The van der Waals surface area contributed by atoms with Crippen molar-refractivity contribution in [1.29, 1.82) is 0 Å². The first-order valence-electron chi connectivity index (χ1n) is 5.87. The molecule has 0 radical (unpaired) electrons. The highest BCUT2D eigenvalue weighted by Gasteiger charge is 2.18. The summed E-state index contributed by atoms with van der Waals surface area (Å²) in [6.07, 6.45) is 1.81. The zero-order valence-corrected chi connectivity index (χ0v) is 10.0. The minimum atomic E-state index is 0.0236. The molecule has 1 aliphatic heterocycles. The van der Waals surface area contributed by atoms with E-state index in [1.165, 1.54) is 0 Å². The van der Waals surface area contributed by atoms with Gasteiger partial charge in [-0.1, -0.05) is 0 Å². The van der Waals surface area contributed by atoms with Gasteiger partial charge in [-0.3, -0.25) is 9.69 Å². The molecule has 94 valence electrons. The van der Waals surface area contributed by atoms with Crippen molar-refractivity contribution in [2.45, 2.75) is 19.6 Å². The molecule has 0 aliphatic carbocycles. The van der Waals surface area contributed by atoms with Crippen molar-refractivity contribution in [3.63, 3.8) is 0 Å². The minimum Gasteiger partial charge on any atom is -0.467 e. The maximum absolute atomic E-state index is 11.7. The maximum atomic E-state index is 11.7. The normalized spacial score (nSPS) is 21.4. The Morgan fingerprint density at radius 2 is 2.53 bits per heavy atom. The molecule has 1 aromatic heterocycles. The third-order valence-corrected chi connectivity index (χ3v) is 2.73. The van der Waals surface area contributed by atoms with E-state index in [2.05, 4.69) is 10.2 Å². The van der Waals surface area contributed by atoms with Gasteiger partial charge in [0.2, 0.25) is 5.91 Å². The number of hydrogen-bond donors (Lipinski definition) is 1. The molecule has 1 amide bonds. The summed E-state index contributed by atoms with van der Waals surface area (Å²) in [6.45, 7) is 5.23. The average Bonchev–Trinajstić information content (AvgIpc) is 2.79. The van der Waals surface area contributed by atoms with Crippen molar-refractivity contribution < 1.29 is 13.9 Å². The van der Waals surface area contributed by atoms with Crippen LogP contribution < -0.4 is 5.32 Å². The van der Waals surface area contributed by atoms with Gasteiger partial charge in [0.15, 0.2) is 0 Å². The molecule has 0 bridgehead atoms. The Balaban J connectivity index is 1.70. The topological polar surface area (TPSA) is 54.7 Å². The Hall–Kier alpha value is -1.33. The summed E-state index contributed by atoms with van der Waals surface area (Å²) in [7, 11) is 0. The lowest BCUT2D eigenvalue weighted by atomic mass is 10.3. The summed E-state index contributed by atoms with van der Waals surface area (Å²) in [6, 6.07) is 3.65. The van der Waals surface area contributed by atoms with E-state index in [0.29, 0.717) is 19.7 Å². The highest BCUT2D eigenvalue weighted by atomic mass is 16.5. The first kappa shape index (κ1) is 12.1. The van der Waals surface area contributed by atoms with Gasteiger partial charge >= 0.3 is 0 Å². The van der Waals surface area contributed by atoms with Crippen molar-refractivity contribution in [3.05, 3.63) is 24.2 Å². The van der Waals surface area contributed by atoms with Crippen molar-refractivity contribution >= 4 is 5.91 Å². The summed E-state index contributed by atoms with van der Waals surface area (Å²) in [5.74, 6) is 0.796. The number of hydrogen-bond acceptors (Lipinski definition) is 4. The average molecular weight is 238 g/mol. The Morgan fingerprint density at radius 1 is 1.65 bits per heavy atom. The van der Waals surface area contributed by atoms with Crippen LogP contribution in [0.2, 0.25) is 0 Å². The zero-order valence-electron chi connectivity index (χ0n) is 10.0. The van der Waals surface area contributed by atoms with Crippen molar-refractivity contribution in [2.75, 3.05) is 26.2 Å². The number of ether oxygens (including phenoxy) is 1. The minimum absolute atomic E-state index is 0.0236. The number of morpholine rings is 1. The molecule has 0 spiro atoms. The van der Waals surface area contributed by atoms with Gasteiger partial charge in [-0.25, -0.2) is 0 Å². The molecule has 5 nitrogen and oxygen atoms in total. The molecule has 1 aromatic rings. The Labute approximate surface area is 101 Å². The van der Waals surface area contributed by atoms with E-state index < -0.39 is 0 Å². The number of furan rings is 1. The van der Waals surface area contributed by atoms with E-state index >= 15 is 0 Å². The summed E-state index contributed by atoms with van der Waals surface area (Å²) in [4.78, 5) is 13.8. The van der Waals surface area contributed by atoms with Crippen LogP contribution in [0.1, 0.15) is 12.7 Å². The largest absolute Gasteiger partial charge is 0.467 e. The SMILES string of the molecule is C[C@@H]1CN(CC(=O)NCc2ccco2)CCO1. The maximum Gasteiger partial charge on any atom is 0.234 e. The molecule has 0 aromatic carbocycles. The van der Waals surface area contributed by atoms with Crippen LogP contribution in [0.5, 0.6) is 0 Å². The van der Waals surface area contributed by atoms with Crippen LogP contribution in [-0.4, -0.2) is 43.2 Å². The van der Waals surface area contributed by atoms with Crippen molar-refractivity contribution in [1.82, 2.24) is 10.2 Å². The van der Waals surface area contributed by atoms with Crippen LogP contribution >= 0.6 is 0 Å². The van der Waals surface area contributed by atoms with E-state index in [1.54, 1.807) is 6.26 Å². The van der Waals surface area contributed by atoms with E-state index in [1.807, 2.05) is 19.1 Å². The molecule has 0 saturated carbocycles. The van der Waals surface area contributed by atoms with Crippen LogP contribution in [0.25, 0.3) is 0 Å². The highest BCUT2D eigenvalue weighted by molar-refractivity contribution is 5.77. The van der Waals surface area contributed by atoms with Gasteiger partial charge in [0.05, 0.1) is 32.1 Å². The van der Waals surface area contributed by atoms with Crippen molar-refractivity contribution in [3.8, 4) is 0 Å². The lowest BCUT2D eigenvalue weighted by Gasteiger charge is -2.30. The quantitative estimate of drug-likeness (QED) is 0.835. The lowest BCUT2D eigenvalue weighted by molar-refractivity contribution is -0.124. The second-order valence-corrected chi connectivity index (χ2v) is 4.27. The number of carbonyl (C=O) groups excluding carboxylic acids is 1. The fourth-order valence-electron chi connectivity index (χ4n) is 1.89. The van der Waals surface area contributed by atoms with Crippen LogP contribution in [0.3, 0.4) is 0 Å². The first-order valence-corrected chi connectivity index (χ1v) is 5.87. The lowest BCUT2D eigenvalue weighted by Crippen LogP contribution is -2.45. The monoisotopic (exact) mass is 238 g/mol. The molecule has 0 unspecified atom stereocenters. The predicted molar refractivity (Wildman–Crippen MR) is 62.4 cm³/mol. The Bertz CT molecular complexity index is 351. The zero-order chi connectivity index (χ0) is 12.1. The van der Waals surface area contributed by atoms with Crippen LogP contribution in [0, 0.1) is 0 Å². The second kappa shape index (κ2) is 5.84. The molecule has 5 heteroatoms. The molecule has 17 heavy (non-hydrogen) atoms. The van der Waals surface area contributed by atoms with Gasteiger partial charge in [-0.15, -0.1) is 0 Å². The van der Waals surface area contributed by atoms with Gasteiger partial charge in [-0.2, -0.15) is 0 Å². The fraction of sp³-hybridized carbons (Fsp3) is 0.583. The summed E-state index contributed by atoms with van der Waals surface area (Å²) in [5, 5.41) is 2.83. The molecule has 2 rings (SSSR count). The molecule has 1 fully saturated rings. The first-order chi connectivity index (χ1) is 8.24. The van der Waals surface area contributed by atoms with Gasteiger partial charge in [0.1, 0.15) is 5.76 Å². The number of rotatable bonds is 4. The summed E-state index contributed by atoms with van der Waals surface area (Å²) >= 11 is 0. The van der Waals surface area contributed by atoms with Gasteiger partial charge in [-0.05, 0) is 19.1 Å². The molecule has 2 heterocycles. The molecule has 1 atom stereocenters. The smallest absolute Gasteiger partial charge is 0.234 e. The van der Waals surface area contributed by atoms with Gasteiger partial charge in [0.25, 0.3) is 0 Å². The van der Waals surface area contributed by atoms with E-state index in [0.717, 1.165) is 18.8 Å². The second-order valence-electron chi connectivity index (χ2n) is 4.27.